The molecule has 0 atom stereocenters. The van der Waals surface area contributed by atoms with Crippen LogP contribution in [0.2, 0.25) is 5.02 Å². The standard InChI is InChI=1S/C21H18ClN3OS.CH3F.CH4/c1-12(2)19-21(27-4)24-17-10-18(26-3)13(11-23)9-15(17)20(25-19)14-7-5-6-8-16(14)22;1-2;/h5-10H,1-4H3;1H3;1H4. The maximum Gasteiger partial charge on any atom is 0.138 e. The van der Waals surface area contributed by atoms with Gasteiger partial charge in [-0.25, -0.2) is 9.98 Å². The quantitative estimate of drug-likeness (QED) is 0.501. The Bertz CT molecular complexity index is 1050. The van der Waals surface area contributed by atoms with Crippen LogP contribution in [0.4, 0.5) is 10.1 Å². The summed E-state index contributed by atoms with van der Waals surface area (Å²) in [6.45, 7) is 4.01. The molecule has 2 aromatic carbocycles. The van der Waals surface area contributed by atoms with Gasteiger partial charge in [0.15, 0.2) is 0 Å². The molecule has 0 aliphatic carbocycles. The molecule has 30 heavy (non-hydrogen) atoms. The molecule has 1 aliphatic heterocycles. The molecule has 0 saturated carbocycles. The molecule has 1 aliphatic rings. The highest BCUT2D eigenvalue weighted by Gasteiger charge is 2.23. The van der Waals surface area contributed by atoms with Crippen molar-refractivity contribution in [3.8, 4) is 11.8 Å². The first kappa shape index (κ1) is 25.4. The van der Waals surface area contributed by atoms with Crippen LogP contribution in [-0.4, -0.2) is 31.3 Å². The predicted molar refractivity (Wildman–Crippen MR) is 128 cm³/mol. The largest absolute Gasteiger partial charge is 0.495 e. The van der Waals surface area contributed by atoms with Crippen molar-refractivity contribution in [1.82, 2.24) is 0 Å². The number of ether oxygens (including phenoxy) is 1. The molecule has 0 unspecified atom stereocenters. The van der Waals surface area contributed by atoms with Gasteiger partial charge in [-0.2, -0.15) is 5.26 Å². The molecule has 0 fully saturated rings. The normalized spacial score (nSPS) is 12.0. The number of nitriles is 1. The summed E-state index contributed by atoms with van der Waals surface area (Å²) in [7, 11) is 2.04. The third kappa shape index (κ3) is 5.10. The maximum atomic E-state index is 9.53. The molecular formula is C23H25ClFN3OS. The van der Waals surface area contributed by atoms with E-state index >= 15 is 0 Å². The zero-order chi connectivity index (χ0) is 21.6. The van der Waals surface area contributed by atoms with Crippen LogP contribution in [0.1, 0.15) is 38.0 Å². The summed E-state index contributed by atoms with van der Waals surface area (Å²) in [6, 6.07) is 13.3. The average molecular weight is 446 g/mol. The van der Waals surface area contributed by atoms with Gasteiger partial charge in [0.05, 0.1) is 36.9 Å². The molecule has 0 N–H and O–H groups in total. The zero-order valence-corrected chi connectivity index (χ0v) is 18.5. The van der Waals surface area contributed by atoms with Crippen LogP contribution < -0.4 is 4.74 Å². The van der Waals surface area contributed by atoms with Crippen molar-refractivity contribution in [2.45, 2.75) is 21.3 Å². The molecule has 3 rings (SSSR count). The summed E-state index contributed by atoms with van der Waals surface area (Å²) in [6.07, 6.45) is 1.97. The van der Waals surface area contributed by atoms with Gasteiger partial charge in [-0.15, -0.1) is 11.8 Å². The minimum Gasteiger partial charge on any atom is -0.495 e. The molecule has 0 aromatic heterocycles. The molecule has 2 aromatic rings. The zero-order valence-electron chi connectivity index (χ0n) is 16.9. The Labute approximate surface area is 187 Å². The van der Waals surface area contributed by atoms with Crippen LogP contribution in [0.5, 0.6) is 5.75 Å². The van der Waals surface area contributed by atoms with Gasteiger partial charge in [-0.3, -0.25) is 4.39 Å². The number of nitrogens with zero attached hydrogens (tertiary/aromatic N) is 3. The van der Waals surface area contributed by atoms with Gasteiger partial charge in [0.1, 0.15) is 16.9 Å². The number of methoxy groups -OCH3 is 1. The number of benzene rings is 2. The van der Waals surface area contributed by atoms with Crippen LogP contribution in [0.15, 0.2) is 57.7 Å². The third-order valence-corrected chi connectivity index (χ3v) is 5.14. The number of hydrogen-bond donors (Lipinski definition) is 0. The van der Waals surface area contributed by atoms with E-state index in [-0.39, 0.29) is 7.43 Å². The van der Waals surface area contributed by atoms with Gasteiger partial charge in [-0.1, -0.05) is 37.2 Å². The highest BCUT2D eigenvalue weighted by Crippen LogP contribution is 2.36. The Morgan fingerprint density at radius 3 is 2.33 bits per heavy atom. The van der Waals surface area contributed by atoms with Gasteiger partial charge in [0.25, 0.3) is 0 Å². The Kier molecular flexibility index (Phi) is 9.77. The lowest BCUT2D eigenvalue weighted by Gasteiger charge is -2.12. The van der Waals surface area contributed by atoms with Crippen LogP contribution in [0.25, 0.3) is 0 Å². The topological polar surface area (TPSA) is 57.7 Å². The van der Waals surface area contributed by atoms with E-state index in [2.05, 4.69) is 6.07 Å². The van der Waals surface area contributed by atoms with E-state index in [1.807, 2.05) is 44.4 Å². The number of hydrogen-bond acceptors (Lipinski definition) is 5. The van der Waals surface area contributed by atoms with Crippen molar-refractivity contribution < 1.29 is 9.13 Å². The predicted octanol–water partition coefficient (Wildman–Crippen LogP) is 6.98. The van der Waals surface area contributed by atoms with Gasteiger partial charge >= 0.3 is 0 Å². The van der Waals surface area contributed by atoms with Crippen molar-refractivity contribution in [1.29, 1.82) is 5.26 Å². The molecule has 0 amide bonds. The Balaban J connectivity index is 0.00000146. The van der Waals surface area contributed by atoms with Crippen LogP contribution in [0, 0.1) is 11.3 Å². The number of alkyl halides is 1. The monoisotopic (exact) mass is 445 g/mol. The van der Waals surface area contributed by atoms with Crippen molar-refractivity contribution in [2.75, 3.05) is 20.5 Å². The van der Waals surface area contributed by atoms with E-state index in [1.54, 1.807) is 19.2 Å². The van der Waals surface area contributed by atoms with E-state index in [9.17, 15) is 9.65 Å². The van der Waals surface area contributed by atoms with Gasteiger partial charge < -0.3 is 4.74 Å². The second-order valence-corrected chi connectivity index (χ2v) is 7.29. The number of allylic oxidation sites excluding steroid dienone is 1. The van der Waals surface area contributed by atoms with Crippen molar-refractivity contribution >= 4 is 39.8 Å². The molecule has 158 valence electrons. The first-order chi connectivity index (χ1) is 14.0. The summed E-state index contributed by atoms with van der Waals surface area (Å²) in [5.41, 5.74) is 5.23. The maximum absolute atomic E-state index is 9.53. The van der Waals surface area contributed by atoms with Crippen molar-refractivity contribution in [2.24, 2.45) is 9.98 Å². The lowest BCUT2D eigenvalue weighted by Crippen LogP contribution is -2.06. The summed E-state index contributed by atoms with van der Waals surface area (Å²) in [5.74, 6) is 0.486. The fraction of sp³-hybridized carbons (Fsp3) is 0.261. The molecule has 1 heterocycles. The van der Waals surface area contributed by atoms with E-state index in [0.29, 0.717) is 34.9 Å². The molecule has 4 nitrogen and oxygen atoms in total. The van der Waals surface area contributed by atoms with E-state index < -0.39 is 0 Å². The number of aliphatic imine (C=N–C) groups is 2. The summed E-state index contributed by atoms with van der Waals surface area (Å²) < 4.78 is 14.9. The minimum absolute atomic E-state index is 0. The average Bonchev–Trinajstić information content (AvgIpc) is 2.90. The van der Waals surface area contributed by atoms with Gasteiger partial charge in [0.2, 0.25) is 0 Å². The SMILES string of the molecule is C.CF.COc1cc2c(cc1C#N)C(c1ccccc1Cl)=NC(=C(C)C)C(SC)=N2. The molecular weight excluding hydrogens is 421 g/mol. The smallest absolute Gasteiger partial charge is 0.138 e. The highest BCUT2D eigenvalue weighted by molar-refractivity contribution is 8.13. The number of thioether (sulfide) groups is 1. The number of fused-ring (bicyclic) bond motifs is 1. The number of halogens is 2. The molecule has 0 spiro atoms. The second-order valence-electron chi connectivity index (χ2n) is 6.09. The fourth-order valence-electron chi connectivity index (χ4n) is 2.82. The lowest BCUT2D eigenvalue weighted by molar-refractivity contribution is 0.413. The summed E-state index contributed by atoms with van der Waals surface area (Å²) in [5, 5.41) is 10.9. The Morgan fingerprint density at radius 1 is 1.13 bits per heavy atom. The van der Waals surface area contributed by atoms with E-state index in [1.165, 1.54) is 11.8 Å². The molecule has 7 heteroatoms. The van der Waals surface area contributed by atoms with Gasteiger partial charge in [0, 0.05) is 22.2 Å². The van der Waals surface area contributed by atoms with Crippen molar-refractivity contribution in [3.05, 3.63) is 69.4 Å². The summed E-state index contributed by atoms with van der Waals surface area (Å²) in [4.78, 5) is 9.77. The van der Waals surface area contributed by atoms with Crippen LogP contribution in [-0.2, 0) is 0 Å². The first-order valence-electron chi connectivity index (χ1n) is 8.64. The van der Waals surface area contributed by atoms with Gasteiger partial charge in [-0.05, 0) is 37.8 Å². The van der Waals surface area contributed by atoms with Crippen molar-refractivity contribution in [3.63, 3.8) is 0 Å². The summed E-state index contributed by atoms with van der Waals surface area (Å²) >= 11 is 8.01. The van der Waals surface area contributed by atoms with E-state index in [4.69, 9.17) is 26.3 Å². The third-order valence-electron chi connectivity index (χ3n) is 4.14. The fourth-order valence-corrected chi connectivity index (χ4v) is 3.67. The van der Waals surface area contributed by atoms with Crippen LogP contribution in [0.3, 0.4) is 0 Å². The second kappa shape index (κ2) is 11.5. The van der Waals surface area contributed by atoms with Crippen LogP contribution >= 0.6 is 23.4 Å². The Morgan fingerprint density at radius 2 is 1.80 bits per heavy atom. The van der Waals surface area contributed by atoms with E-state index in [0.717, 1.165) is 27.4 Å². The minimum atomic E-state index is 0. The molecule has 0 radical (unpaired) electrons. The molecule has 0 saturated heterocycles. The number of rotatable bonds is 2. The molecule has 0 bridgehead atoms. The lowest BCUT2D eigenvalue weighted by atomic mass is 9.98. The first-order valence-corrected chi connectivity index (χ1v) is 10.2. The Hall–Kier alpha value is -2.62. The highest BCUT2D eigenvalue weighted by atomic mass is 35.5.